The predicted molar refractivity (Wildman–Crippen MR) is 136 cm³/mol. The first-order valence-electron chi connectivity index (χ1n) is 12.3. The number of carbonyl (C=O) groups excluding carboxylic acids is 1. The van der Waals surface area contributed by atoms with Crippen LogP contribution in [0.15, 0.2) is 51.6 Å². The number of rotatable bonds is 5. The number of aryl methyl sites for hydroxylation is 1. The summed E-state index contributed by atoms with van der Waals surface area (Å²) in [7, 11) is 0. The zero-order valence-electron chi connectivity index (χ0n) is 20.1. The molecule has 4 aromatic rings. The van der Waals surface area contributed by atoms with Crippen LogP contribution < -0.4 is 15.1 Å². The van der Waals surface area contributed by atoms with E-state index < -0.39 is 0 Å². The Morgan fingerprint density at radius 2 is 1.92 bits per heavy atom. The highest BCUT2D eigenvalue weighted by Crippen LogP contribution is 2.32. The van der Waals surface area contributed by atoms with Gasteiger partial charge in [-0.1, -0.05) is 12.2 Å². The van der Waals surface area contributed by atoms with E-state index in [1.165, 1.54) is 12.7 Å². The molecule has 1 N–H and O–H groups in total. The van der Waals surface area contributed by atoms with Crippen molar-refractivity contribution in [3.05, 3.63) is 54.2 Å². The van der Waals surface area contributed by atoms with Gasteiger partial charge in [0.15, 0.2) is 17.1 Å². The van der Waals surface area contributed by atoms with Crippen LogP contribution in [-0.4, -0.2) is 52.0 Å². The number of hydrogen-bond acceptors (Lipinski definition) is 9. The largest absolute Gasteiger partial charge is 0.444 e. The summed E-state index contributed by atoms with van der Waals surface area (Å²) < 4.78 is 11.7. The molecule has 0 spiro atoms. The summed E-state index contributed by atoms with van der Waals surface area (Å²) in [6.45, 7) is 5.23. The number of nitrogens with one attached hydrogen (secondary N) is 1. The first-order valence-corrected chi connectivity index (χ1v) is 12.3. The maximum atomic E-state index is 13.2. The lowest BCUT2D eigenvalue weighted by molar-refractivity contribution is 0.102. The Hall–Kier alpha value is -4.21. The lowest BCUT2D eigenvalue weighted by Crippen LogP contribution is -2.29. The second-order valence-electron chi connectivity index (χ2n) is 9.11. The lowest BCUT2D eigenvalue weighted by Gasteiger charge is -2.26. The topological polar surface area (TPSA) is 113 Å². The molecule has 6 heterocycles. The number of hydrogen-bond donors (Lipinski definition) is 1. The van der Waals surface area contributed by atoms with Crippen molar-refractivity contribution in [2.75, 3.05) is 41.3 Å². The van der Waals surface area contributed by atoms with Crippen LogP contribution in [0.4, 0.5) is 17.5 Å². The van der Waals surface area contributed by atoms with E-state index in [4.69, 9.17) is 13.8 Å². The smallest absolute Gasteiger partial charge is 0.299 e. The van der Waals surface area contributed by atoms with E-state index in [9.17, 15) is 4.79 Å². The van der Waals surface area contributed by atoms with Gasteiger partial charge in [0.05, 0.1) is 5.69 Å². The van der Waals surface area contributed by atoms with Gasteiger partial charge in [0.25, 0.3) is 11.9 Å². The molecule has 0 unspecified atom stereocenters. The molecule has 0 bridgehead atoms. The van der Waals surface area contributed by atoms with Gasteiger partial charge in [-0.05, 0) is 44.7 Å². The Morgan fingerprint density at radius 3 is 2.72 bits per heavy atom. The molecule has 4 aromatic heterocycles. The Kier molecular flexibility index (Phi) is 5.84. The third kappa shape index (κ3) is 4.41. The van der Waals surface area contributed by atoms with Crippen LogP contribution in [0.25, 0.3) is 22.7 Å². The van der Waals surface area contributed by atoms with Gasteiger partial charge in [0.2, 0.25) is 11.5 Å². The average Bonchev–Trinajstić information content (AvgIpc) is 3.57. The quantitative estimate of drug-likeness (QED) is 0.405. The molecule has 0 atom stereocenters. The van der Waals surface area contributed by atoms with Crippen LogP contribution in [0.1, 0.15) is 41.9 Å². The van der Waals surface area contributed by atoms with Gasteiger partial charge in [0.1, 0.15) is 6.26 Å². The van der Waals surface area contributed by atoms with Gasteiger partial charge in [-0.15, -0.1) is 0 Å². The molecule has 0 aliphatic carbocycles. The Balaban J connectivity index is 1.32. The standard InChI is InChI=1S/C26H27N7O3/c1-17-14-18(8-9-27-17)25-29-20(16-35-25)24(34)28-19-15-21-22(30-23(19)32-10-4-2-5-11-32)31-26(36-21)33-12-6-3-7-13-33/h2,4,8-9,14-16H,3,5-7,10-13H2,1H3,(H,28,34). The second kappa shape index (κ2) is 9.44. The first kappa shape index (κ1) is 22.3. The fourth-order valence-electron chi connectivity index (χ4n) is 4.61. The van der Waals surface area contributed by atoms with Gasteiger partial charge in [0, 0.05) is 49.7 Å². The molecule has 1 saturated heterocycles. The van der Waals surface area contributed by atoms with E-state index >= 15 is 0 Å². The summed E-state index contributed by atoms with van der Waals surface area (Å²) in [6, 6.07) is 6.04. The van der Waals surface area contributed by atoms with Crippen molar-refractivity contribution in [1.82, 2.24) is 19.9 Å². The third-order valence-electron chi connectivity index (χ3n) is 6.46. The maximum Gasteiger partial charge on any atom is 0.299 e. The number of piperidine rings is 1. The Morgan fingerprint density at radius 1 is 1.03 bits per heavy atom. The van der Waals surface area contributed by atoms with Crippen LogP contribution in [0.5, 0.6) is 0 Å². The predicted octanol–water partition coefficient (Wildman–Crippen LogP) is 4.59. The van der Waals surface area contributed by atoms with Crippen molar-refractivity contribution in [2.24, 2.45) is 0 Å². The fourth-order valence-corrected chi connectivity index (χ4v) is 4.61. The number of fused-ring (bicyclic) bond motifs is 1. The number of nitrogens with zero attached hydrogens (tertiary/aromatic N) is 6. The minimum atomic E-state index is -0.388. The second-order valence-corrected chi connectivity index (χ2v) is 9.11. The zero-order valence-corrected chi connectivity index (χ0v) is 20.1. The minimum Gasteiger partial charge on any atom is -0.444 e. The fraction of sp³-hybridized carbons (Fsp3) is 0.346. The van der Waals surface area contributed by atoms with Crippen LogP contribution >= 0.6 is 0 Å². The SMILES string of the molecule is Cc1cc(-c2nc(C(=O)Nc3cc4oc(N5CCCCC5)nc4nc3N3CC=CCC3)co2)ccn1. The molecular weight excluding hydrogens is 458 g/mol. The first-order chi connectivity index (χ1) is 17.6. The van der Waals surface area contributed by atoms with Crippen LogP contribution in [0.3, 0.4) is 0 Å². The number of pyridine rings is 2. The Bertz CT molecular complexity index is 1430. The summed E-state index contributed by atoms with van der Waals surface area (Å²) in [4.78, 5) is 35.5. The highest BCUT2D eigenvalue weighted by atomic mass is 16.4. The van der Waals surface area contributed by atoms with Crippen LogP contribution in [0, 0.1) is 6.92 Å². The maximum absolute atomic E-state index is 13.2. The van der Waals surface area contributed by atoms with Crippen molar-refractivity contribution >= 4 is 34.7 Å². The normalized spacial score (nSPS) is 16.0. The van der Waals surface area contributed by atoms with Gasteiger partial charge in [-0.25, -0.2) is 9.97 Å². The molecule has 36 heavy (non-hydrogen) atoms. The van der Waals surface area contributed by atoms with Crippen molar-refractivity contribution in [2.45, 2.75) is 32.6 Å². The number of amides is 1. The summed E-state index contributed by atoms with van der Waals surface area (Å²) in [6.07, 6.45) is 11.7. The summed E-state index contributed by atoms with van der Waals surface area (Å²) in [5.41, 5.74) is 3.40. The van der Waals surface area contributed by atoms with E-state index in [0.717, 1.165) is 50.2 Å². The molecule has 184 valence electrons. The van der Waals surface area contributed by atoms with Crippen LogP contribution in [-0.2, 0) is 0 Å². The molecule has 1 fully saturated rings. The molecule has 0 aromatic carbocycles. The number of aromatic nitrogens is 4. The molecule has 2 aliphatic rings. The van der Waals surface area contributed by atoms with Gasteiger partial charge >= 0.3 is 0 Å². The van der Waals surface area contributed by atoms with E-state index in [-0.39, 0.29) is 11.6 Å². The molecule has 1 amide bonds. The summed E-state index contributed by atoms with van der Waals surface area (Å²) >= 11 is 0. The van der Waals surface area contributed by atoms with Crippen molar-refractivity contribution < 1.29 is 13.6 Å². The van der Waals surface area contributed by atoms with E-state index in [1.54, 1.807) is 12.3 Å². The van der Waals surface area contributed by atoms with Crippen molar-refractivity contribution in [3.8, 4) is 11.5 Å². The Labute approximate surface area is 208 Å². The lowest BCUT2D eigenvalue weighted by atomic mass is 10.1. The summed E-state index contributed by atoms with van der Waals surface area (Å²) in [5.74, 6) is 0.635. The van der Waals surface area contributed by atoms with Crippen molar-refractivity contribution in [1.29, 1.82) is 0 Å². The average molecular weight is 486 g/mol. The molecule has 0 saturated carbocycles. The number of anilines is 3. The van der Waals surface area contributed by atoms with E-state index in [0.29, 0.717) is 41.2 Å². The highest BCUT2D eigenvalue weighted by Gasteiger charge is 2.23. The van der Waals surface area contributed by atoms with Gasteiger partial charge in [-0.3, -0.25) is 9.78 Å². The molecule has 10 nitrogen and oxygen atoms in total. The van der Waals surface area contributed by atoms with E-state index in [2.05, 4.69) is 42.2 Å². The monoisotopic (exact) mass is 485 g/mol. The molecule has 0 radical (unpaired) electrons. The minimum absolute atomic E-state index is 0.177. The number of carbonyl (C=O) groups is 1. The zero-order chi connectivity index (χ0) is 24.5. The number of oxazole rings is 2. The third-order valence-corrected chi connectivity index (χ3v) is 6.46. The highest BCUT2D eigenvalue weighted by molar-refractivity contribution is 6.05. The molecule has 2 aliphatic heterocycles. The van der Waals surface area contributed by atoms with Crippen molar-refractivity contribution in [3.63, 3.8) is 0 Å². The summed E-state index contributed by atoms with van der Waals surface area (Å²) in [5, 5.41) is 2.98. The molecule has 10 heteroatoms. The van der Waals surface area contributed by atoms with Gasteiger partial charge in [-0.2, -0.15) is 4.98 Å². The van der Waals surface area contributed by atoms with Gasteiger partial charge < -0.3 is 24.0 Å². The van der Waals surface area contributed by atoms with Crippen LogP contribution in [0.2, 0.25) is 0 Å². The molecular formula is C26H27N7O3. The van der Waals surface area contributed by atoms with E-state index in [1.807, 2.05) is 19.1 Å². The molecule has 6 rings (SSSR count).